The zero-order chi connectivity index (χ0) is 13.7. The van der Waals surface area contributed by atoms with E-state index in [1.165, 1.54) is 6.07 Å². The quantitative estimate of drug-likeness (QED) is 0.848. The van der Waals surface area contributed by atoms with Crippen LogP contribution < -0.4 is 10.5 Å². The Balaban J connectivity index is 2.10. The SMILES string of the molecule is COc1ccccc1SCc1ccc(CN)cc1F. The number of nitrogens with two attached hydrogens (primary N) is 1. The average molecular weight is 277 g/mol. The van der Waals surface area contributed by atoms with E-state index in [-0.39, 0.29) is 5.82 Å². The summed E-state index contributed by atoms with van der Waals surface area (Å²) in [6, 6.07) is 12.9. The van der Waals surface area contributed by atoms with E-state index in [1.54, 1.807) is 24.9 Å². The van der Waals surface area contributed by atoms with Crippen molar-refractivity contribution in [1.29, 1.82) is 0 Å². The molecule has 2 aromatic carbocycles. The number of rotatable bonds is 5. The number of halogens is 1. The van der Waals surface area contributed by atoms with Gasteiger partial charge in [-0.05, 0) is 29.3 Å². The van der Waals surface area contributed by atoms with Gasteiger partial charge in [0.1, 0.15) is 11.6 Å². The van der Waals surface area contributed by atoms with Crippen LogP contribution in [0.1, 0.15) is 11.1 Å². The first-order chi connectivity index (χ1) is 9.24. The highest BCUT2D eigenvalue weighted by Crippen LogP contribution is 2.31. The number of benzene rings is 2. The molecule has 0 aliphatic rings. The molecule has 0 saturated carbocycles. The molecule has 0 atom stereocenters. The lowest BCUT2D eigenvalue weighted by molar-refractivity contribution is 0.405. The van der Waals surface area contributed by atoms with Gasteiger partial charge in [-0.3, -0.25) is 0 Å². The van der Waals surface area contributed by atoms with Gasteiger partial charge in [0.15, 0.2) is 0 Å². The van der Waals surface area contributed by atoms with Crippen LogP contribution in [0.2, 0.25) is 0 Å². The summed E-state index contributed by atoms with van der Waals surface area (Å²) in [4.78, 5) is 1.01. The first-order valence-corrected chi connectivity index (χ1v) is 6.96. The van der Waals surface area contributed by atoms with E-state index >= 15 is 0 Å². The maximum atomic E-state index is 13.8. The van der Waals surface area contributed by atoms with Crippen LogP contribution in [0, 0.1) is 5.82 Å². The van der Waals surface area contributed by atoms with Gasteiger partial charge in [-0.1, -0.05) is 24.3 Å². The minimum absolute atomic E-state index is 0.203. The minimum atomic E-state index is -0.203. The Morgan fingerprint density at radius 2 is 2.00 bits per heavy atom. The molecule has 0 aromatic heterocycles. The predicted molar refractivity (Wildman–Crippen MR) is 76.8 cm³/mol. The molecule has 0 heterocycles. The number of hydrogen-bond acceptors (Lipinski definition) is 3. The number of methoxy groups -OCH3 is 1. The van der Waals surface area contributed by atoms with E-state index in [4.69, 9.17) is 10.5 Å². The lowest BCUT2D eigenvalue weighted by atomic mass is 10.1. The predicted octanol–water partition coefficient (Wildman–Crippen LogP) is 3.59. The molecular formula is C15H16FNOS. The molecule has 19 heavy (non-hydrogen) atoms. The topological polar surface area (TPSA) is 35.2 Å². The summed E-state index contributed by atoms with van der Waals surface area (Å²) >= 11 is 1.56. The Labute approximate surface area is 116 Å². The average Bonchev–Trinajstić information content (AvgIpc) is 2.46. The molecular weight excluding hydrogens is 261 g/mol. The number of para-hydroxylation sites is 1. The smallest absolute Gasteiger partial charge is 0.132 e. The summed E-state index contributed by atoms with van der Waals surface area (Å²) in [5, 5.41) is 0. The summed E-state index contributed by atoms with van der Waals surface area (Å²) < 4.78 is 19.1. The molecule has 4 heteroatoms. The molecule has 0 fully saturated rings. The lowest BCUT2D eigenvalue weighted by Crippen LogP contribution is -1.98. The molecule has 2 rings (SSSR count). The van der Waals surface area contributed by atoms with Gasteiger partial charge in [-0.15, -0.1) is 11.8 Å². The van der Waals surface area contributed by atoms with Gasteiger partial charge < -0.3 is 10.5 Å². The van der Waals surface area contributed by atoms with Crippen molar-refractivity contribution in [3.05, 3.63) is 59.4 Å². The van der Waals surface area contributed by atoms with E-state index in [2.05, 4.69) is 0 Å². The Morgan fingerprint density at radius 1 is 1.21 bits per heavy atom. The van der Waals surface area contributed by atoms with E-state index in [1.807, 2.05) is 30.3 Å². The molecule has 0 amide bonds. The van der Waals surface area contributed by atoms with Crippen molar-refractivity contribution in [2.24, 2.45) is 5.73 Å². The van der Waals surface area contributed by atoms with E-state index in [0.717, 1.165) is 16.2 Å². The molecule has 2 nitrogen and oxygen atoms in total. The zero-order valence-corrected chi connectivity index (χ0v) is 11.5. The third-order valence-corrected chi connectivity index (χ3v) is 3.91. The number of thioether (sulfide) groups is 1. The van der Waals surface area contributed by atoms with Crippen LogP contribution in [0.3, 0.4) is 0 Å². The molecule has 0 bridgehead atoms. The maximum absolute atomic E-state index is 13.8. The minimum Gasteiger partial charge on any atom is -0.496 e. The van der Waals surface area contributed by atoms with Gasteiger partial charge in [-0.2, -0.15) is 0 Å². The Hall–Kier alpha value is -1.52. The van der Waals surface area contributed by atoms with Crippen LogP contribution in [0.4, 0.5) is 4.39 Å². The molecule has 0 radical (unpaired) electrons. The van der Waals surface area contributed by atoms with Crippen molar-refractivity contribution in [1.82, 2.24) is 0 Å². The van der Waals surface area contributed by atoms with Crippen molar-refractivity contribution in [2.45, 2.75) is 17.2 Å². The normalized spacial score (nSPS) is 10.5. The lowest BCUT2D eigenvalue weighted by Gasteiger charge is -2.08. The van der Waals surface area contributed by atoms with Gasteiger partial charge in [0.25, 0.3) is 0 Å². The van der Waals surface area contributed by atoms with Gasteiger partial charge >= 0.3 is 0 Å². The third-order valence-electron chi connectivity index (χ3n) is 2.81. The van der Waals surface area contributed by atoms with Crippen LogP contribution in [0.15, 0.2) is 47.4 Å². The molecule has 0 saturated heterocycles. The standard InChI is InChI=1S/C15H16FNOS/c1-18-14-4-2-3-5-15(14)19-10-12-7-6-11(9-17)8-13(12)16/h2-8H,9-10,17H2,1H3. The van der Waals surface area contributed by atoms with Gasteiger partial charge in [0, 0.05) is 17.2 Å². The summed E-state index contributed by atoms with van der Waals surface area (Å²) in [7, 11) is 1.63. The highest BCUT2D eigenvalue weighted by Gasteiger charge is 2.06. The fraction of sp³-hybridized carbons (Fsp3) is 0.200. The second kappa shape index (κ2) is 6.59. The summed E-state index contributed by atoms with van der Waals surface area (Å²) in [6.45, 7) is 0.358. The third kappa shape index (κ3) is 3.49. The first kappa shape index (κ1) is 13.9. The van der Waals surface area contributed by atoms with Gasteiger partial charge in [0.05, 0.1) is 7.11 Å². The second-order valence-electron chi connectivity index (χ2n) is 4.07. The van der Waals surface area contributed by atoms with E-state index < -0.39 is 0 Å². The monoisotopic (exact) mass is 277 g/mol. The van der Waals surface area contributed by atoms with Crippen LogP contribution in [0.5, 0.6) is 5.75 Å². The van der Waals surface area contributed by atoms with Crippen molar-refractivity contribution >= 4 is 11.8 Å². The zero-order valence-electron chi connectivity index (χ0n) is 10.7. The molecule has 100 valence electrons. The first-order valence-electron chi connectivity index (χ1n) is 5.97. The van der Waals surface area contributed by atoms with E-state index in [9.17, 15) is 4.39 Å². The van der Waals surface area contributed by atoms with Crippen molar-refractivity contribution < 1.29 is 9.13 Å². The molecule has 2 aromatic rings. The maximum Gasteiger partial charge on any atom is 0.132 e. The Kier molecular flexibility index (Phi) is 4.82. The summed E-state index contributed by atoms with van der Waals surface area (Å²) in [5.74, 6) is 1.17. The second-order valence-corrected chi connectivity index (χ2v) is 5.09. The molecule has 0 aliphatic heterocycles. The molecule has 0 aliphatic carbocycles. The van der Waals surface area contributed by atoms with Crippen LogP contribution in [0.25, 0.3) is 0 Å². The highest BCUT2D eigenvalue weighted by molar-refractivity contribution is 7.98. The van der Waals surface area contributed by atoms with Crippen molar-refractivity contribution in [2.75, 3.05) is 7.11 Å². The highest BCUT2D eigenvalue weighted by atomic mass is 32.2. The molecule has 0 unspecified atom stereocenters. The largest absolute Gasteiger partial charge is 0.496 e. The molecule has 0 spiro atoms. The van der Waals surface area contributed by atoms with Gasteiger partial charge in [-0.25, -0.2) is 4.39 Å². The number of hydrogen-bond donors (Lipinski definition) is 1. The van der Waals surface area contributed by atoms with Crippen LogP contribution in [-0.4, -0.2) is 7.11 Å². The van der Waals surface area contributed by atoms with E-state index in [0.29, 0.717) is 17.9 Å². The van der Waals surface area contributed by atoms with Crippen LogP contribution >= 0.6 is 11.8 Å². The number of ether oxygens (including phenoxy) is 1. The Morgan fingerprint density at radius 3 is 2.68 bits per heavy atom. The molecule has 2 N–H and O–H groups in total. The fourth-order valence-electron chi connectivity index (χ4n) is 1.73. The van der Waals surface area contributed by atoms with Crippen LogP contribution in [-0.2, 0) is 12.3 Å². The van der Waals surface area contributed by atoms with Gasteiger partial charge in [0.2, 0.25) is 0 Å². The van der Waals surface area contributed by atoms with Crippen molar-refractivity contribution in [3.8, 4) is 5.75 Å². The summed E-state index contributed by atoms with van der Waals surface area (Å²) in [5.41, 5.74) is 6.97. The summed E-state index contributed by atoms with van der Waals surface area (Å²) in [6.07, 6.45) is 0. The fourth-order valence-corrected chi connectivity index (χ4v) is 2.74. The van der Waals surface area contributed by atoms with Crippen molar-refractivity contribution in [3.63, 3.8) is 0 Å². The Bertz CT molecular complexity index is 560.